The van der Waals surface area contributed by atoms with Crippen molar-refractivity contribution in [3.05, 3.63) is 29.8 Å². The van der Waals surface area contributed by atoms with Crippen molar-refractivity contribution in [3.63, 3.8) is 0 Å². The lowest BCUT2D eigenvalue weighted by Gasteiger charge is -2.07. The van der Waals surface area contributed by atoms with Crippen molar-refractivity contribution in [1.29, 1.82) is 0 Å². The summed E-state index contributed by atoms with van der Waals surface area (Å²) in [6.07, 6.45) is 0. The van der Waals surface area contributed by atoms with E-state index in [4.69, 9.17) is 16.3 Å². The lowest BCUT2D eigenvalue weighted by Crippen LogP contribution is -2.22. The standard InChI is InChI=1S/C9H13N3O/c1-7-4-2-3-5-8(7)13-6-9(10)12-11/h2-5H,6,11H2,1H3,(H2,10,12). The fourth-order valence-corrected chi connectivity index (χ4v) is 0.907. The predicted octanol–water partition coefficient (Wildman–Crippen LogP) is 0.605. The molecule has 0 saturated heterocycles. The number of hydrogen-bond acceptors (Lipinski definition) is 3. The molecule has 4 heteroatoms. The van der Waals surface area contributed by atoms with Gasteiger partial charge in [-0.25, -0.2) is 0 Å². The van der Waals surface area contributed by atoms with E-state index in [0.717, 1.165) is 11.3 Å². The van der Waals surface area contributed by atoms with Gasteiger partial charge >= 0.3 is 0 Å². The average molecular weight is 179 g/mol. The predicted molar refractivity (Wildman–Crippen MR) is 52.5 cm³/mol. The summed E-state index contributed by atoms with van der Waals surface area (Å²) in [6, 6.07) is 7.69. The molecule has 1 aromatic carbocycles. The number of hydrazone groups is 1. The molecule has 0 bridgehead atoms. The molecule has 0 aromatic heterocycles. The van der Waals surface area contributed by atoms with Crippen molar-refractivity contribution in [1.82, 2.24) is 0 Å². The second kappa shape index (κ2) is 4.35. The van der Waals surface area contributed by atoms with E-state index in [9.17, 15) is 0 Å². The van der Waals surface area contributed by atoms with Crippen LogP contribution < -0.4 is 16.3 Å². The van der Waals surface area contributed by atoms with Crippen molar-refractivity contribution >= 4 is 5.84 Å². The van der Waals surface area contributed by atoms with Gasteiger partial charge in [0.15, 0.2) is 5.84 Å². The molecule has 0 fully saturated rings. The zero-order chi connectivity index (χ0) is 9.68. The first-order valence-electron chi connectivity index (χ1n) is 3.94. The summed E-state index contributed by atoms with van der Waals surface area (Å²) in [5, 5.41) is 3.30. The highest BCUT2D eigenvalue weighted by atomic mass is 16.5. The number of aryl methyl sites for hydroxylation is 1. The topological polar surface area (TPSA) is 73.6 Å². The highest BCUT2D eigenvalue weighted by molar-refractivity contribution is 5.81. The molecule has 0 heterocycles. The molecule has 0 aliphatic carbocycles. The van der Waals surface area contributed by atoms with E-state index in [0.29, 0.717) is 0 Å². The highest BCUT2D eigenvalue weighted by Crippen LogP contribution is 2.15. The van der Waals surface area contributed by atoms with Crippen LogP contribution >= 0.6 is 0 Å². The first kappa shape index (κ1) is 9.38. The van der Waals surface area contributed by atoms with Crippen molar-refractivity contribution in [2.75, 3.05) is 6.61 Å². The van der Waals surface area contributed by atoms with Gasteiger partial charge in [0.05, 0.1) is 0 Å². The van der Waals surface area contributed by atoms with Gasteiger partial charge in [-0.2, -0.15) is 5.10 Å². The molecule has 0 spiro atoms. The first-order valence-corrected chi connectivity index (χ1v) is 3.94. The minimum atomic E-state index is 0.224. The van der Waals surface area contributed by atoms with E-state index < -0.39 is 0 Å². The molecule has 4 nitrogen and oxygen atoms in total. The SMILES string of the molecule is Cc1ccccc1OC/C(N)=N/N. The quantitative estimate of drug-likeness (QED) is 0.309. The molecule has 0 saturated carbocycles. The fraction of sp³-hybridized carbons (Fsp3) is 0.222. The van der Waals surface area contributed by atoms with Crippen LogP contribution in [0.3, 0.4) is 0 Å². The van der Waals surface area contributed by atoms with Gasteiger partial charge in [-0.3, -0.25) is 0 Å². The third-order valence-corrected chi connectivity index (χ3v) is 1.63. The van der Waals surface area contributed by atoms with Crippen molar-refractivity contribution in [2.24, 2.45) is 16.7 Å². The molecular weight excluding hydrogens is 166 g/mol. The molecule has 1 rings (SSSR count). The second-order valence-electron chi connectivity index (χ2n) is 2.67. The molecule has 0 amide bonds. The summed E-state index contributed by atoms with van der Waals surface area (Å²) in [4.78, 5) is 0. The van der Waals surface area contributed by atoms with Crippen LogP contribution in [0.25, 0.3) is 0 Å². The maximum Gasteiger partial charge on any atom is 0.157 e. The van der Waals surface area contributed by atoms with Gasteiger partial charge in [0, 0.05) is 0 Å². The average Bonchev–Trinajstić information content (AvgIpc) is 2.16. The van der Waals surface area contributed by atoms with Crippen LogP contribution in [0.5, 0.6) is 5.75 Å². The molecule has 0 aliphatic rings. The van der Waals surface area contributed by atoms with Gasteiger partial charge in [0.25, 0.3) is 0 Å². The third-order valence-electron chi connectivity index (χ3n) is 1.63. The molecule has 4 N–H and O–H groups in total. The first-order chi connectivity index (χ1) is 6.24. The summed E-state index contributed by atoms with van der Waals surface area (Å²) in [6.45, 7) is 2.19. The Balaban J connectivity index is 2.60. The van der Waals surface area contributed by atoms with Gasteiger partial charge in [0.1, 0.15) is 12.4 Å². The van der Waals surface area contributed by atoms with Crippen molar-refractivity contribution < 1.29 is 4.74 Å². The monoisotopic (exact) mass is 179 g/mol. The van der Waals surface area contributed by atoms with Crippen LogP contribution in [0.4, 0.5) is 0 Å². The number of nitrogens with zero attached hydrogens (tertiary/aromatic N) is 1. The summed E-state index contributed by atoms with van der Waals surface area (Å²) >= 11 is 0. The molecule has 0 aliphatic heterocycles. The molecule has 0 unspecified atom stereocenters. The Kier molecular flexibility index (Phi) is 3.14. The molecule has 70 valence electrons. The van der Waals surface area contributed by atoms with E-state index in [1.54, 1.807) is 0 Å². The zero-order valence-electron chi connectivity index (χ0n) is 7.53. The van der Waals surface area contributed by atoms with Gasteiger partial charge in [-0.05, 0) is 18.6 Å². The summed E-state index contributed by atoms with van der Waals surface area (Å²) in [7, 11) is 0. The molecular formula is C9H13N3O. The van der Waals surface area contributed by atoms with Crippen LogP contribution in [0.15, 0.2) is 29.4 Å². The second-order valence-corrected chi connectivity index (χ2v) is 2.67. The number of rotatable bonds is 3. The van der Waals surface area contributed by atoms with E-state index in [-0.39, 0.29) is 12.4 Å². The lowest BCUT2D eigenvalue weighted by molar-refractivity contribution is 0.372. The van der Waals surface area contributed by atoms with Crippen LogP contribution in [0.1, 0.15) is 5.56 Å². The van der Waals surface area contributed by atoms with Gasteiger partial charge in [-0.1, -0.05) is 18.2 Å². The summed E-state index contributed by atoms with van der Waals surface area (Å²) in [5.74, 6) is 6.04. The minimum Gasteiger partial charge on any atom is -0.485 e. The Bertz CT molecular complexity index is 309. The van der Waals surface area contributed by atoms with Gasteiger partial charge in [0.2, 0.25) is 0 Å². The Labute approximate surface area is 77.2 Å². The molecule has 0 radical (unpaired) electrons. The summed E-state index contributed by atoms with van der Waals surface area (Å²) in [5.41, 5.74) is 6.43. The van der Waals surface area contributed by atoms with Crippen LogP contribution in [-0.2, 0) is 0 Å². The number of amidine groups is 1. The number of ether oxygens (including phenoxy) is 1. The maximum atomic E-state index is 5.37. The van der Waals surface area contributed by atoms with Crippen LogP contribution in [0.2, 0.25) is 0 Å². The molecule has 0 atom stereocenters. The molecule has 1 aromatic rings. The van der Waals surface area contributed by atoms with Crippen molar-refractivity contribution in [3.8, 4) is 5.75 Å². The third kappa shape index (κ3) is 2.66. The number of para-hydroxylation sites is 1. The van der Waals surface area contributed by atoms with E-state index in [1.165, 1.54) is 0 Å². The van der Waals surface area contributed by atoms with Gasteiger partial charge in [-0.15, -0.1) is 0 Å². The molecule has 13 heavy (non-hydrogen) atoms. The number of benzene rings is 1. The largest absolute Gasteiger partial charge is 0.485 e. The fourth-order valence-electron chi connectivity index (χ4n) is 0.907. The smallest absolute Gasteiger partial charge is 0.157 e. The van der Waals surface area contributed by atoms with Gasteiger partial charge < -0.3 is 16.3 Å². The Morgan fingerprint density at radius 2 is 2.15 bits per heavy atom. The van der Waals surface area contributed by atoms with Crippen LogP contribution in [-0.4, -0.2) is 12.4 Å². The Hall–Kier alpha value is -1.71. The van der Waals surface area contributed by atoms with E-state index in [2.05, 4.69) is 5.10 Å². The van der Waals surface area contributed by atoms with Crippen molar-refractivity contribution in [2.45, 2.75) is 6.92 Å². The van der Waals surface area contributed by atoms with E-state index in [1.807, 2.05) is 31.2 Å². The normalized spacial score (nSPS) is 11.3. The number of hydrogen-bond donors (Lipinski definition) is 2. The zero-order valence-corrected chi connectivity index (χ0v) is 7.53. The lowest BCUT2D eigenvalue weighted by atomic mass is 10.2. The minimum absolute atomic E-state index is 0.224. The maximum absolute atomic E-state index is 5.37. The van der Waals surface area contributed by atoms with E-state index >= 15 is 0 Å². The number of nitrogens with two attached hydrogens (primary N) is 2. The highest BCUT2D eigenvalue weighted by Gasteiger charge is 1.98. The Morgan fingerprint density at radius 1 is 1.46 bits per heavy atom. The Morgan fingerprint density at radius 3 is 2.77 bits per heavy atom. The summed E-state index contributed by atoms with van der Waals surface area (Å²) < 4.78 is 5.35. The van der Waals surface area contributed by atoms with Crippen LogP contribution in [0, 0.1) is 6.92 Å².